The molecule has 0 fully saturated rings. The highest BCUT2D eigenvalue weighted by Crippen LogP contribution is 2.37. The molecule has 0 aliphatic carbocycles. The van der Waals surface area contributed by atoms with Crippen LogP contribution in [0.5, 0.6) is 11.5 Å². The molecule has 0 radical (unpaired) electrons. The molecule has 1 N–H and O–H groups in total. The Morgan fingerprint density at radius 2 is 2.00 bits per heavy atom. The lowest BCUT2D eigenvalue weighted by Gasteiger charge is -2.14. The van der Waals surface area contributed by atoms with Crippen molar-refractivity contribution in [1.29, 1.82) is 0 Å². The lowest BCUT2D eigenvalue weighted by atomic mass is 10.2. The maximum Gasteiger partial charge on any atom is 0.281 e. The highest BCUT2D eigenvalue weighted by molar-refractivity contribution is 7.20. The molecule has 3 aromatic carbocycles. The zero-order valence-electron chi connectivity index (χ0n) is 18.9. The Morgan fingerprint density at radius 3 is 2.75 bits per heavy atom. The first-order chi connectivity index (χ1) is 17.4. The van der Waals surface area contributed by atoms with Crippen molar-refractivity contribution in [3.05, 3.63) is 97.6 Å². The summed E-state index contributed by atoms with van der Waals surface area (Å²) in [5.74, 6) is -0.235. The Balaban J connectivity index is 1.47. The van der Waals surface area contributed by atoms with Crippen molar-refractivity contribution in [2.45, 2.75) is 13.5 Å². The number of nitro groups is 1. The van der Waals surface area contributed by atoms with Crippen LogP contribution >= 0.6 is 22.9 Å². The van der Waals surface area contributed by atoms with Crippen LogP contribution in [-0.4, -0.2) is 23.7 Å². The second-order valence-electron chi connectivity index (χ2n) is 7.43. The van der Waals surface area contributed by atoms with Crippen LogP contribution in [0, 0.1) is 15.9 Å². The topological polar surface area (TPSA) is 103 Å². The predicted molar refractivity (Wildman–Crippen MR) is 137 cm³/mol. The van der Waals surface area contributed by atoms with E-state index in [0.29, 0.717) is 33.7 Å². The first-order valence-electron chi connectivity index (χ1n) is 10.7. The van der Waals surface area contributed by atoms with E-state index in [4.69, 9.17) is 21.1 Å². The minimum atomic E-state index is -0.487. The first kappa shape index (κ1) is 25.1. The zero-order valence-corrected chi connectivity index (χ0v) is 20.4. The molecule has 36 heavy (non-hydrogen) atoms. The summed E-state index contributed by atoms with van der Waals surface area (Å²) < 4.78 is 26.0. The lowest BCUT2D eigenvalue weighted by molar-refractivity contribution is -0.384. The van der Waals surface area contributed by atoms with Gasteiger partial charge in [-0.15, -0.1) is 11.3 Å². The molecule has 1 aromatic heterocycles. The first-order valence-corrected chi connectivity index (χ1v) is 11.9. The average Bonchev–Trinajstić information content (AvgIpc) is 3.28. The van der Waals surface area contributed by atoms with Gasteiger partial charge in [0.1, 0.15) is 12.4 Å². The number of carbonyl (C=O) groups excluding carboxylic acids is 1. The van der Waals surface area contributed by atoms with Crippen molar-refractivity contribution >= 4 is 50.8 Å². The second-order valence-corrected chi connectivity index (χ2v) is 8.92. The van der Waals surface area contributed by atoms with E-state index >= 15 is 0 Å². The second kappa shape index (κ2) is 11.1. The molecule has 0 saturated carbocycles. The van der Waals surface area contributed by atoms with Gasteiger partial charge < -0.3 is 9.47 Å². The van der Waals surface area contributed by atoms with E-state index in [1.54, 1.807) is 49.4 Å². The van der Waals surface area contributed by atoms with Crippen LogP contribution in [0.15, 0.2) is 65.8 Å². The fourth-order valence-corrected chi connectivity index (χ4v) is 4.51. The predicted octanol–water partition coefficient (Wildman–Crippen LogP) is 6.34. The summed E-state index contributed by atoms with van der Waals surface area (Å²) in [7, 11) is 0. The summed E-state index contributed by atoms with van der Waals surface area (Å²) in [6.45, 7) is 2.11. The van der Waals surface area contributed by atoms with Crippen molar-refractivity contribution in [2.24, 2.45) is 5.10 Å². The third-order valence-electron chi connectivity index (χ3n) is 4.98. The molecule has 4 aromatic rings. The summed E-state index contributed by atoms with van der Waals surface area (Å²) >= 11 is 7.60. The number of hydrogen-bond donors (Lipinski definition) is 1. The molecular weight excluding hydrogens is 509 g/mol. The van der Waals surface area contributed by atoms with Crippen molar-refractivity contribution in [3.63, 3.8) is 0 Å². The van der Waals surface area contributed by atoms with E-state index in [0.717, 1.165) is 4.70 Å². The van der Waals surface area contributed by atoms with E-state index in [2.05, 4.69) is 10.5 Å². The molecule has 1 amide bonds. The molecule has 0 saturated heterocycles. The molecule has 11 heteroatoms. The number of nitrogens with zero attached hydrogens (tertiary/aromatic N) is 2. The molecular formula is C25H19ClFN3O5S. The van der Waals surface area contributed by atoms with Crippen LogP contribution in [0.4, 0.5) is 10.1 Å². The largest absolute Gasteiger partial charge is 0.490 e. The van der Waals surface area contributed by atoms with Crippen LogP contribution in [0.3, 0.4) is 0 Å². The van der Waals surface area contributed by atoms with Crippen LogP contribution in [0.2, 0.25) is 5.02 Å². The number of fused-ring (bicyclic) bond motifs is 1. The van der Waals surface area contributed by atoms with Gasteiger partial charge in [-0.1, -0.05) is 29.8 Å². The lowest BCUT2D eigenvalue weighted by Crippen LogP contribution is -2.16. The Bertz CT molecular complexity index is 1470. The molecule has 184 valence electrons. The fourth-order valence-electron chi connectivity index (χ4n) is 3.31. The highest BCUT2D eigenvalue weighted by atomic mass is 35.5. The number of hydrazone groups is 1. The third-order valence-corrected chi connectivity index (χ3v) is 6.37. The Labute approximate surface area is 214 Å². The number of non-ortho nitro benzene ring substituents is 1. The number of nitro benzene ring substituents is 1. The molecule has 8 nitrogen and oxygen atoms in total. The van der Waals surface area contributed by atoms with Crippen molar-refractivity contribution in [1.82, 2.24) is 5.43 Å². The molecule has 0 spiro atoms. The van der Waals surface area contributed by atoms with Crippen molar-refractivity contribution in [3.8, 4) is 11.5 Å². The molecule has 0 atom stereocenters. The van der Waals surface area contributed by atoms with Gasteiger partial charge in [0.2, 0.25) is 0 Å². The molecule has 4 rings (SSSR count). The van der Waals surface area contributed by atoms with Gasteiger partial charge in [0.25, 0.3) is 11.6 Å². The minimum absolute atomic E-state index is 0.0334. The fraction of sp³-hybridized carbons (Fsp3) is 0.120. The maximum atomic E-state index is 13.9. The summed E-state index contributed by atoms with van der Waals surface area (Å²) in [6, 6.07) is 15.5. The SMILES string of the molecule is CCOc1cc(/C=N\NC(=O)c2cc3cc([N+](=O)[O-])ccc3s2)cc(Cl)c1OCc1ccccc1F. The van der Waals surface area contributed by atoms with E-state index in [1.165, 1.54) is 35.8 Å². The average molecular weight is 528 g/mol. The number of hydrogen-bond acceptors (Lipinski definition) is 7. The summed E-state index contributed by atoms with van der Waals surface area (Å²) in [4.78, 5) is 23.3. The number of benzene rings is 3. The molecule has 0 bridgehead atoms. The number of thiophene rings is 1. The van der Waals surface area contributed by atoms with Gasteiger partial charge in [0.15, 0.2) is 11.5 Å². The molecule has 0 aliphatic rings. The molecule has 0 aliphatic heterocycles. The third kappa shape index (κ3) is 5.78. The van der Waals surface area contributed by atoms with Gasteiger partial charge in [-0.05, 0) is 42.8 Å². The zero-order chi connectivity index (χ0) is 25.7. The highest BCUT2D eigenvalue weighted by Gasteiger charge is 2.15. The van der Waals surface area contributed by atoms with Gasteiger partial charge in [0, 0.05) is 27.8 Å². The maximum absolute atomic E-state index is 13.9. The number of rotatable bonds is 9. The van der Waals surface area contributed by atoms with E-state index in [-0.39, 0.29) is 28.9 Å². The van der Waals surface area contributed by atoms with Gasteiger partial charge in [0.05, 0.1) is 27.6 Å². The van der Waals surface area contributed by atoms with Crippen LogP contribution in [-0.2, 0) is 6.61 Å². The number of nitrogens with one attached hydrogen (secondary N) is 1. The smallest absolute Gasteiger partial charge is 0.281 e. The number of carbonyl (C=O) groups is 1. The number of amides is 1. The summed E-state index contributed by atoms with van der Waals surface area (Å²) in [5, 5.41) is 15.8. The van der Waals surface area contributed by atoms with Crippen LogP contribution in [0.25, 0.3) is 10.1 Å². The quantitative estimate of drug-likeness (QED) is 0.155. The number of halogens is 2. The normalized spacial score (nSPS) is 11.1. The van der Waals surface area contributed by atoms with Gasteiger partial charge in [-0.3, -0.25) is 14.9 Å². The van der Waals surface area contributed by atoms with E-state index < -0.39 is 10.8 Å². The van der Waals surface area contributed by atoms with Crippen molar-refractivity contribution < 1.29 is 23.6 Å². The standard InChI is InChI=1S/C25H19ClFN3O5S/c1-2-34-21-10-15(9-19(26)24(21)35-14-16-5-3-4-6-20(16)27)13-28-29-25(31)23-12-17-11-18(30(32)33)7-8-22(17)36-23/h3-13H,2,14H2,1H3,(H,29,31)/b28-13-. The van der Waals surface area contributed by atoms with Crippen LogP contribution in [0.1, 0.15) is 27.7 Å². The summed E-state index contributed by atoms with van der Waals surface area (Å²) in [5.41, 5.74) is 3.30. The Hall–Kier alpha value is -4.02. The van der Waals surface area contributed by atoms with E-state index in [9.17, 15) is 19.3 Å². The van der Waals surface area contributed by atoms with Crippen molar-refractivity contribution in [2.75, 3.05) is 6.61 Å². The van der Waals surface area contributed by atoms with Gasteiger partial charge in [-0.2, -0.15) is 5.10 Å². The minimum Gasteiger partial charge on any atom is -0.490 e. The Morgan fingerprint density at radius 1 is 1.19 bits per heavy atom. The summed E-state index contributed by atoms with van der Waals surface area (Å²) in [6.07, 6.45) is 1.39. The molecule has 1 heterocycles. The molecule has 0 unspecified atom stereocenters. The monoisotopic (exact) mass is 527 g/mol. The van der Waals surface area contributed by atoms with Gasteiger partial charge in [-0.25, -0.2) is 9.82 Å². The van der Waals surface area contributed by atoms with Gasteiger partial charge >= 0.3 is 0 Å². The van der Waals surface area contributed by atoms with Crippen LogP contribution < -0.4 is 14.9 Å². The number of ether oxygens (including phenoxy) is 2. The van der Waals surface area contributed by atoms with E-state index in [1.807, 2.05) is 0 Å². The Kier molecular flexibility index (Phi) is 7.77.